The molecule has 5 heteroatoms. The van der Waals surface area contributed by atoms with Crippen LogP contribution >= 0.6 is 0 Å². The third-order valence-corrected chi connectivity index (χ3v) is 5.76. The lowest BCUT2D eigenvalue weighted by atomic mass is 9.95. The lowest BCUT2D eigenvalue weighted by Crippen LogP contribution is -2.03. The SMILES string of the molecule is CCC(C)c1ccc2c(c1)c(=O)oc1cc(OCc3ccc(OC)cc3)c(OC)cc12. The number of ether oxygens (including phenoxy) is 3. The Morgan fingerprint density at radius 1 is 0.871 bits per heavy atom. The molecule has 0 saturated heterocycles. The molecule has 0 spiro atoms. The molecule has 0 N–H and O–H groups in total. The van der Waals surface area contributed by atoms with E-state index in [1.54, 1.807) is 20.3 Å². The van der Waals surface area contributed by atoms with E-state index in [9.17, 15) is 4.79 Å². The van der Waals surface area contributed by atoms with E-state index in [2.05, 4.69) is 19.9 Å². The van der Waals surface area contributed by atoms with Crippen molar-refractivity contribution in [2.75, 3.05) is 14.2 Å². The summed E-state index contributed by atoms with van der Waals surface area (Å²) in [6.07, 6.45) is 1.01. The fraction of sp³-hybridized carbons (Fsp3) is 0.269. The second kappa shape index (κ2) is 8.72. The summed E-state index contributed by atoms with van der Waals surface area (Å²) < 4.78 is 22.4. The van der Waals surface area contributed by atoms with Crippen LogP contribution in [0, 0.1) is 0 Å². The van der Waals surface area contributed by atoms with Crippen LogP contribution in [0.15, 0.2) is 63.8 Å². The lowest BCUT2D eigenvalue weighted by Gasteiger charge is -2.14. The van der Waals surface area contributed by atoms with Gasteiger partial charge in [-0.2, -0.15) is 0 Å². The van der Waals surface area contributed by atoms with Gasteiger partial charge in [-0.15, -0.1) is 0 Å². The standard InChI is InChI=1S/C26H26O5/c1-5-16(2)18-8-11-20-21-13-24(29-4)25(14-23(21)31-26(27)22(20)12-18)30-15-17-6-9-19(28-3)10-7-17/h6-14,16H,5,15H2,1-4H3. The van der Waals surface area contributed by atoms with Crippen molar-refractivity contribution < 1.29 is 18.6 Å². The molecule has 1 heterocycles. The first kappa shape index (κ1) is 20.8. The third-order valence-electron chi connectivity index (χ3n) is 5.76. The van der Waals surface area contributed by atoms with Crippen LogP contribution in [0.5, 0.6) is 17.2 Å². The van der Waals surface area contributed by atoms with Crippen molar-refractivity contribution in [1.82, 2.24) is 0 Å². The number of fused-ring (bicyclic) bond motifs is 3. The van der Waals surface area contributed by atoms with Gasteiger partial charge in [0, 0.05) is 16.8 Å². The molecule has 1 unspecified atom stereocenters. The van der Waals surface area contributed by atoms with Gasteiger partial charge in [0.1, 0.15) is 17.9 Å². The van der Waals surface area contributed by atoms with Crippen LogP contribution in [0.2, 0.25) is 0 Å². The van der Waals surface area contributed by atoms with Gasteiger partial charge < -0.3 is 18.6 Å². The largest absolute Gasteiger partial charge is 0.497 e. The Hall–Kier alpha value is -3.47. The average Bonchev–Trinajstić information content (AvgIpc) is 2.81. The molecule has 0 aliphatic rings. The summed E-state index contributed by atoms with van der Waals surface area (Å²) in [5, 5.41) is 2.25. The number of hydrogen-bond acceptors (Lipinski definition) is 5. The number of methoxy groups -OCH3 is 2. The Kier molecular flexibility index (Phi) is 5.85. The topological polar surface area (TPSA) is 57.9 Å². The predicted octanol–water partition coefficient (Wildman–Crippen LogP) is 6.06. The summed E-state index contributed by atoms with van der Waals surface area (Å²) >= 11 is 0. The zero-order valence-corrected chi connectivity index (χ0v) is 18.2. The minimum Gasteiger partial charge on any atom is -0.497 e. The quantitative estimate of drug-likeness (QED) is 0.270. The smallest absolute Gasteiger partial charge is 0.344 e. The van der Waals surface area contributed by atoms with E-state index < -0.39 is 0 Å². The average molecular weight is 418 g/mol. The van der Waals surface area contributed by atoms with E-state index in [1.165, 1.54) is 0 Å². The predicted molar refractivity (Wildman–Crippen MR) is 123 cm³/mol. The highest BCUT2D eigenvalue weighted by molar-refractivity contribution is 6.05. The van der Waals surface area contributed by atoms with Gasteiger partial charge in [-0.25, -0.2) is 4.79 Å². The monoisotopic (exact) mass is 418 g/mol. The molecule has 0 fully saturated rings. The van der Waals surface area contributed by atoms with Crippen LogP contribution in [0.3, 0.4) is 0 Å². The Bertz CT molecular complexity index is 1270. The molecule has 1 aromatic heterocycles. The van der Waals surface area contributed by atoms with Gasteiger partial charge in [0.05, 0.1) is 19.6 Å². The van der Waals surface area contributed by atoms with E-state index in [0.29, 0.717) is 35.0 Å². The zero-order chi connectivity index (χ0) is 22.0. The van der Waals surface area contributed by atoms with Crippen molar-refractivity contribution in [3.8, 4) is 17.2 Å². The summed E-state index contributed by atoms with van der Waals surface area (Å²) in [5.74, 6) is 2.27. The highest BCUT2D eigenvalue weighted by atomic mass is 16.5. The van der Waals surface area contributed by atoms with Crippen molar-refractivity contribution in [2.45, 2.75) is 32.8 Å². The molecular weight excluding hydrogens is 392 g/mol. The van der Waals surface area contributed by atoms with Crippen LogP contribution < -0.4 is 19.8 Å². The maximum Gasteiger partial charge on any atom is 0.344 e. The van der Waals surface area contributed by atoms with Gasteiger partial charge in [0.15, 0.2) is 11.5 Å². The minimum absolute atomic E-state index is 0.348. The molecule has 0 bridgehead atoms. The van der Waals surface area contributed by atoms with E-state index in [4.69, 9.17) is 18.6 Å². The van der Waals surface area contributed by atoms with Crippen molar-refractivity contribution in [2.24, 2.45) is 0 Å². The van der Waals surface area contributed by atoms with Crippen LogP contribution in [0.1, 0.15) is 37.3 Å². The Balaban J connectivity index is 1.74. The summed E-state index contributed by atoms with van der Waals surface area (Å²) in [4.78, 5) is 12.7. The van der Waals surface area contributed by atoms with Crippen LogP contribution in [0.25, 0.3) is 21.7 Å². The first-order chi connectivity index (χ1) is 15.0. The molecule has 160 valence electrons. The summed E-state index contributed by atoms with van der Waals surface area (Å²) in [6.45, 7) is 4.64. The first-order valence-corrected chi connectivity index (χ1v) is 10.4. The molecule has 5 nitrogen and oxygen atoms in total. The van der Waals surface area contributed by atoms with Gasteiger partial charge >= 0.3 is 5.63 Å². The molecule has 0 saturated carbocycles. The van der Waals surface area contributed by atoms with Crippen molar-refractivity contribution >= 4 is 21.7 Å². The van der Waals surface area contributed by atoms with Gasteiger partial charge in [0.25, 0.3) is 0 Å². The molecule has 4 rings (SSSR count). The Morgan fingerprint density at radius 3 is 2.32 bits per heavy atom. The third kappa shape index (κ3) is 4.08. The summed E-state index contributed by atoms with van der Waals surface area (Å²) in [5.41, 5.74) is 2.24. The van der Waals surface area contributed by atoms with Crippen molar-refractivity contribution in [1.29, 1.82) is 0 Å². The highest BCUT2D eigenvalue weighted by Crippen LogP contribution is 2.36. The fourth-order valence-corrected chi connectivity index (χ4v) is 3.65. The molecule has 0 radical (unpaired) electrons. The maximum absolute atomic E-state index is 12.7. The second-order valence-corrected chi connectivity index (χ2v) is 7.64. The number of benzene rings is 3. The minimum atomic E-state index is -0.348. The molecule has 31 heavy (non-hydrogen) atoms. The van der Waals surface area contributed by atoms with E-state index in [0.717, 1.165) is 34.1 Å². The van der Waals surface area contributed by atoms with Gasteiger partial charge in [-0.05, 0) is 47.7 Å². The fourth-order valence-electron chi connectivity index (χ4n) is 3.65. The van der Waals surface area contributed by atoms with Crippen LogP contribution in [0.4, 0.5) is 0 Å². The maximum atomic E-state index is 12.7. The molecule has 4 aromatic rings. The van der Waals surface area contributed by atoms with Gasteiger partial charge in [0.2, 0.25) is 0 Å². The first-order valence-electron chi connectivity index (χ1n) is 10.4. The number of hydrogen-bond donors (Lipinski definition) is 0. The molecule has 0 aliphatic carbocycles. The van der Waals surface area contributed by atoms with E-state index in [1.807, 2.05) is 42.5 Å². The van der Waals surface area contributed by atoms with Crippen molar-refractivity contribution in [3.05, 3.63) is 76.1 Å². The van der Waals surface area contributed by atoms with Crippen LogP contribution in [-0.2, 0) is 6.61 Å². The molecule has 0 aliphatic heterocycles. The highest BCUT2D eigenvalue weighted by Gasteiger charge is 2.15. The van der Waals surface area contributed by atoms with Gasteiger partial charge in [-0.1, -0.05) is 38.1 Å². The van der Waals surface area contributed by atoms with E-state index in [-0.39, 0.29) is 5.63 Å². The Morgan fingerprint density at radius 2 is 1.65 bits per heavy atom. The lowest BCUT2D eigenvalue weighted by molar-refractivity contribution is 0.284. The van der Waals surface area contributed by atoms with Crippen molar-refractivity contribution in [3.63, 3.8) is 0 Å². The van der Waals surface area contributed by atoms with Crippen LogP contribution in [-0.4, -0.2) is 14.2 Å². The second-order valence-electron chi connectivity index (χ2n) is 7.64. The number of rotatable bonds is 7. The molecule has 1 atom stereocenters. The normalized spacial score (nSPS) is 12.1. The van der Waals surface area contributed by atoms with Gasteiger partial charge in [-0.3, -0.25) is 0 Å². The molecule has 0 amide bonds. The van der Waals surface area contributed by atoms with E-state index >= 15 is 0 Å². The molecule has 3 aromatic carbocycles. The molecular formula is C26H26O5. The summed E-state index contributed by atoms with van der Waals surface area (Å²) in [7, 11) is 3.23. The Labute approximate surface area is 181 Å². The summed E-state index contributed by atoms with van der Waals surface area (Å²) in [6, 6.07) is 17.3. The zero-order valence-electron chi connectivity index (χ0n) is 18.2.